The topological polar surface area (TPSA) is 12.0 Å². The average Bonchev–Trinajstić information content (AvgIpc) is 2.32. The summed E-state index contributed by atoms with van der Waals surface area (Å²) in [7, 11) is 0. The summed E-state index contributed by atoms with van der Waals surface area (Å²) in [5.74, 6) is 1.79. The summed E-state index contributed by atoms with van der Waals surface area (Å²) in [5, 5.41) is 3.67. The lowest BCUT2D eigenvalue weighted by Crippen LogP contribution is -2.33. The molecule has 0 amide bonds. The van der Waals surface area contributed by atoms with Gasteiger partial charge in [-0.2, -0.15) is 11.8 Å². The van der Waals surface area contributed by atoms with Gasteiger partial charge >= 0.3 is 0 Å². The third-order valence-electron chi connectivity index (χ3n) is 2.51. The highest BCUT2D eigenvalue weighted by Gasteiger charge is 2.12. The van der Waals surface area contributed by atoms with Gasteiger partial charge < -0.3 is 5.32 Å². The monoisotopic (exact) mass is 275 g/mol. The van der Waals surface area contributed by atoms with Crippen molar-refractivity contribution in [3.8, 4) is 0 Å². The highest BCUT2D eigenvalue weighted by atomic mass is 35.5. The molecule has 0 bridgehead atoms. The lowest BCUT2D eigenvalue weighted by molar-refractivity contribution is 0.568. The Morgan fingerprint density at radius 3 is 2.82 bits per heavy atom. The van der Waals surface area contributed by atoms with Crippen LogP contribution in [0.5, 0.6) is 0 Å². The Bertz CT molecular complexity index is 346. The number of likely N-dealkylation sites (N-methyl/N-ethyl adjacent to an activating group) is 1. The first kappa shape index (κ1) is 14.8. The molecule has 0 fully saturated rings. The predicted molar refractivity (Wildman–Crippen MR) is 75.6 cm³/mol. The van der Waals surface area contributed by atoms with Crippen molar-refractivity contribution in [3.05, 3.63) is 34.6 Å². The molecule has 1 rings (SSSR count). The third kappa shape index (κ3) is 4.86. The van der Waals surface area contributed by atoms with E-state index in [0.717, 1.165) is 30.0 Å². The highest BCUT2D eigenvalue weighted by Crippen LogP contribution is 2.21. The van der Waals surface area contributed by atoms with Gasteiger partial charge in [0.2, 0.25) is 0 Å². The molecule has 96 valence electrons. The maximum atomic E-state index is 13.3. The molecule has 0 saturated carbocycles. The fraction of sp³-hybridized carbons (Fsp3) is 0.538. The molecule has 1 aromatic rings. The minimum absolute atomic E-state index is 0.261. The fourth-order valence-electron chi connectivity index (χ4n) is 1.71. The minimum atomic E-state index is -0.331. The van der Waals surface area contributed by atoms with Crippen LogP contribution >= 0.6 is 23.4 Å². The summed E-state index contributed by atoms with van der Waals surface area (Å²) in [6, 6.07) is 5.36. The average molecular weight is 276 g/mol. The first-order valence-corrected chi connectivity index (χ1v) is 7.46. The van der Waals surface area contributed by atoms with Gasteiger partial charge in [0.1, 0.15) is 5.82 Å². The maximum Gasteiger partial charge on any atom is 0.142 e. The van der Waals surface area contributed by atoms with Crippen LogP contribution < -0.4 is 5.32 Å². The Hall–Kier alpha value is -0.250. The SMILES string of the molecule is CCNC(CSCC)Cc1cccc(F)c1Cl. The van der Waals surface area contributed by atoms with Crippen LogP contribution in [0.2, 0.25) is 5.02 Å². The van der Waals surface area contributed by atoms with Gasteiger partial charge in [-0.25, -0.2) is 4.39 Å². The van der Waals surface area contributed by atoms with Crippen LogP contribution in [-0.4, -0.2) is 24.1 Å². The van der Waals surface area contributed by atoms with Gasteiger partial charge in [0.15, 0.2) is 0 Å². The summed E-state index contributed by atoms with van der Waals surface area (Å²) in [6.45, 7) is 5.14. The molecule has 0 saturated heterocycles. The van der Waals surface area contributed by atoms with E-state index < -0.39 is 0 Å². The van der Waals surface area contributed by atoms with Crippen LogP contribution in [0.15, 0.2) is 18.2 Å². The van der Waals surface area contributed by atoms with Crippen LogP contribution in [0.4, 0.5) is 4.39 Å². The fourth-order valence-corrected chi connectivity index (χ4v) is 2.67. The van der Waals surface area contributed by atoms with E-state index in [2.05, 4.69) is 19.2 Å². The molecule has 1 atom stereocenters. The Kier molecular flexibility index (Phi) is 6.93. The Morgan fingerprint density at radius 1 is 1.41 bits per heavy atom. The molecule has 0 aromatic heterocycles. The zero-order valence-electron chi connectivity index (χ0n) is 10.3. The number of hydrogen-bond donors (Lipinski definition) is 1. The smallest absolute Gasteiger partial charge is 0.142 e. The van der Waals surface area contributed by atoms with E-state index in [1.807, 2.05) is 17.8 Å². The van der Waals surface area contributed by atoms with Crippen molar-refractivity contribution in [1.82, 2.24) is 5.32 Å². The second-order valence-corrected chi connectivity index (χ2v) is 5.53. The number of rotatable bonds is 7. The summed E-state index contributed by atoms with van der Waals surface area (Å²) in [4.78, 5) is 0. The summed E-state index contributed by atoms with van der Waals surface area (Å²) < 4.78 is 13.3. The van der Waals surface area contributed by atoms with E-state index in [-0.39, 0.29) is 10.8 Å². The summed E-state index contributed by atoms with van der Waals surface area (Å²) >= 11 is 7.85. The van der Waals surface area contributed by atoms with E-state index in [0.29, 0.717) is 6.04 Å². The third-order valence-corrected chi connectivity index (χ3v) is 3.98. The van der Waals surface area contributed by atoms with Gasteiger partial charge in [0, 0.05) is 11.8 Å². The first-order valence-electron chi connectivity index (χ1n) is 5.93. The normalized spacial score (nSPS) is 12.7. The standard InChI is InChI=1S/C13H19ClFNS/c1-3-16-11(9-17-4-2)8-10-6-5-7-12(15)13(10)14/h5-7,11,16H,3-4,8-9H2,1-2H3. The Morgan fingerprint density at radius 2 is 2.18 bits per heavy atom. The minimum Gasteiger partial charge on any atom is -0.313 e. The van der Waals surface area contributed by atoms with Crippen LogP contribution in [0.3, 0.4) is 0 Å². The van der Waals surface area contributed by atoms with Gasteiger partial charge in [-0.15, -0.1) is 0 Å². The quantitative estimate of drug-likeness (QED) is 0.813. The van der Waals surface area contributed by atoms with Crippen LogP contribution in [0.1, 0.15) is 19.4 Å². The molecular formula is C13H19ClFNS. The van der Waals surface area contributed by atoms with Crippen molar-refractivity contribution in [2.24, 2.45) is 0 Å². The van der Waals surface area contributed by atoms with Crippen molar-refractivity contribution in [1.29, 1.82) is 0 Å². The molecule has 1 N–H and O–H groups in total. The lowest BCUT2D eigenvalue weighted by Gasteiger charge is -2.18. The Balaban J connectivity index is 2.67. The van der Waals surface area contributed by atoms with Gasteiger partial charge in [-0.3, -0.25) is 0 Å². The predicted octanol–water partition coefficient (Wildman–Crippen LogP) is 3.75. The molecule has 0 aliphatic heterocycles. The molecule has 0 aliphatic rings. The first-order chi connectivity index (χ1) is 8.19. The van der Waals surface area contributed by atoms with Gasteiger partial charge in [-0.1, -0.05) is 37.6 Å². The zero-order valence-corrected chi connectivity index (χ0v) is 11.9. The molecular weight excluding hydrogens is 257 g/mol. The number of hydrogen-bond acceptors (Lipinski definition) is 2. The van der Waals surface area contributed by atoms with Crippen LogP contribution in [-0.2, 0) is 6.42 Å². The van der Waals surface area contributed by atoms with Crippen molar-refractivity contribution < 1.29 is 4.39 Å². The van der Waals surface area contributed by atoms with E-state index in [1.165, 1.54) is 6.07 Å². The number of nitrogens with one attached hydrogen (secondary N) is 1. The summed E-state index contributed by atoms with van der Waals surface area (Å²) in [5.41, 5.74) is 0.884. The molecule has 0 heterocycles. The molecule has 0 spiro atoms. The van der Waals surface area contributed by atoms with Crippen molar-refractivity contribution in [2.75, 3.05) is 18.1 Å². The van der Waals surface area contributed by atoms with Gasteiger partial charge in [0.05, 0.1) is 5.02 Å². The maximum absolute atomic E-state index is 13.3. The zero-order chi connectivity index (χ0) is 12.7. The molecule has 1 aromatic carbocycles. The molecule has 0 aliphatic carbocycles. The van der Waals surface area contributed by atoms with E-state index in [1.54, 1.807) is 6.07 Å². The number of halogens is 2. The molecule has 1 nitrogen and oxygen atoms in total. The van der Waals surface area contributed by atoms with Gasteiger partial charge in [-0.05, 0) is 30.3 Å². The summed E-state index contributed by atoms with van der Waals surface area (Å²) in [6.07, 6.45) is 0.775. The van der Waals surface area contributed by atoms with Crippen LogP contribution in [0.25, 0.3) is 0 Å². The van der Waals surface area contributed by atoms with Crippen LogP contribution in [0, 0.1) is 5.82 Å². The second-order valence-electron chi connectivity index (χ2n) is 3.83. The van der Waals surface area contributed by atoms with E-state index in [4.69, 9.17) is 11.6 Å². The van der Waals surface area contributed by atoms with Gasteiger partial charge in [0.25, 0.3) is 0 Å². The number of benzene rings is 1. The van der Waals surface area contributed by atoms with E-state index in [9.17, 15) is 4.39 Å². The molecule has 1 unspecified atom stereocenters. The van der Waals surface area contributed by atoms with Crippen molar-refractivity contribution in [3.63, 3.8) is 0 Å². The van der Waals surface area contributed by atoms with E-state index >= 15 is 0 Å². The lowest BCUT2D eigenvalue weighted by atomic mass is 10.1. The number of thioether (sulfide) groups is 1. The highest BCUT2D eigenvalue weighted by molar-refractivity contribution is 7.99. The second kappa shape index (κ2) is 7.96. The van der Waals surface area contributed by atoms with Crippen molar-refractivity contribution in [2.45, 2.75) is 26.3 Å². The largest absolute Gasteiger partial charge is 0.313 e. The molecule has 0 radical (unpaired) electrons. The molecule has 4 heteroatoms. The van der Waals surface area contributed by atoms with Crippen molar-refractivity contribution >= 4 is 23.4 Å². The Labute approximate surface area is 112 Å². The molecule has 17 heavy (non-hydrogen) atoms.